The topological polar surface area (TPSA) is 127 Å². The van der Waals surface area contributed by atoms with Crippen LogP contribution >= 0.6 is 0 Å². The van der Waals surface area contributed by atoms with Crippen molar-refractivity contribution >= 4 is 28.7 Å². The van der Waals surface area contributed by atoms with Crippen molar-refractivity contribution in [3.05, 3.63) is 47.0 Å². The molecule has 9 heteroatoms. The van der Waals surface area contributed by atoms with Crippen LogP contribution in [0.5, 0.6) is 0 Å². The molecule has 9 nitrogen and oxygen atoms in total. The number of aromatic amines is 1. The summed E-state index contributed by atoms with van der Waals surface area (Å²) in [6.45, 7) is 8.14. The molecule has 0 saturated carbocycles. The minimum atomic E-state index is -0.169. The molecular weight excluding hydrogens is 392 g/mol. The number of hydrogen-bond donors (Lipinski definition) is 3. The zero-order valence-electron chi connectivity index (χ0n) is 18.3. The van der Waals surface area contributed by atoms with E-state index in [0.717, 1.165) is 40.2 Å². The normalized spacial score (nSPS) is 12.7. The molecule has 0 spiro atoms. The van der Waals surface area contributed by atoms with Gasteiger partial charge in [-0.3, -0.25) is 4.79 Å². The van der Waals surface area contributed by atoms with E-state index in [1.807, 2.05) is 38.1 Å². The van der Waals surface area contributed by atoms with E-state index in [9.17, 15) is 4.79 Å². The van der Waals surface area contributed by atoms with Gasteiger partial charge < -0.3 is 16.0 Å². The summed E-state index contributed by atoms with van der Waals surface area (Å²) in [6, 6.07) is 7.72. The monoisotopic (exact) mass is 420 g/mol. The standard InChI is InChI=1S/C22H28N8O/c1-12(2)11-18(20-26-16-7-5-6-8-17(16)27-20)25-19(31)10-9-15-13(3)24-22-28-21(23)29-30(22)14(15)4/h5-8,12,18H,9-11H2,1-4H3,(H2,23,29)(H,25,31)(H,26,27). The Morgan fingerprint density at radius 2 is 1.97 bits per heavy atom. The number of benzene rings is 1. The second kappa shape index (κ2) is 8.33. The van der Waals surface area contributed by atoms with Gasteiger partial charge in [-0.2, -0.15) is 9.50 Å². The zero-order valence-corrected chi connectivity index (χ0v) is 18.3. The number of carbonyl (C=O) groups is 1. The summed E-state index contributed by atoms with van der Waals surface area (Å²) in [5, 5.41) is 7.36. The average Bonchev–Trinajstić information content (AvgIpc) is 3.30. The SMILES string of the molecule is Cc1nc2nc(N)nn2c(C)c1CCC(=O)NC(CC(C)C)c1nc2ccccc2[nH]1. The molecule has 0 bridgehead atoms. The van der Waals surface area contributed by atoms with Gasteiger partial charge in [0.25, 0.3) is 5.78 Å². The molecule has 0 aliphatic rings. The molecule has 0 saturated heterocycles. The molecule has 3 aromatic heterocycles. The first-order valence-electron chi connectivity index (χ1n) is 10.5. The van der Waals surface area contributed by atoms with Crippen LogP contribution < -0.4 is 11.1 Å². The van der Waals surface area contributed by atoms with Gasteiger partial charge in [0.2, 0.25) is 11.9 Å². The van der Waals surface area contributed by atoms with Crippen molar-refractivity contribution in [3.8, 4) is 0 Å². The van der Waals surface area contributed by atoms with Crippen molar-refractivity contribution in [2.24, 2.45) is 5.92 Å². The Bertz CT molecular complexity index is 1210. The number of nitrogens with zero attached hydrogens (tertiary/aromatic N) is 5. The summed E-state index contributed by atoms with van der Waals surface area (Å²) >= 11 is 0. The number of imidazole rings is 1. The Hall–Kier alpha value is -3.49. The summed E-state index contributed by atoms with van der Waals surface area (Å²) < 4.78 is 1.63. The van der Waals surface area contributed by atoms with Crippen LogP contribution in [0.4, 0.5) is 5.95 Å². The number of fused-ring (bicyclic) bond motifs is 2. The van der Waals surface area contributed by atoms with Crippen LogP contribution in [0.15, 0.2) is 24.3 Å². The number of anilines is 1. The largest absolute Gasteiger partial charge is 0.366 e. The molecular formula is C22H28N8O. The van der Waals surface area contributed by atoms with Gasteiger partial charge in [-0.1, -0.05) is 26.0 Å². The number of nitrogen functional groups attached to an aromatic ring is 1. The van der Waals surface area contributed by atoms with Crippen LogP contribution in [-0.4, -0.2) is 35.5 Å². The maximum atomic E-state index is 12.9. The predicted molar refractivity (Wildman–Crippen MR) is 119 cm³/mol. The minimum absolute atomic E-state index is 0.0249. The maximum Gasteiger partial charge on any atom is 0.254 e. The Kier molecular flexibility index (Phi) is 5.58. The van der Waals surface area contributed by atoms with Crippen molar-refractivity contribution in [1.82, 2.24) is 34.9 Å². The fourth-order valence-electron chi connectivity index (χ4n) is 3.94. The molecule has 0 radical (unpaired) electrons. The van der Waals surface area contributed by atoms with Gasteiger partial charge in [0.1, 0.15) is 5.82 Å². The van der Waals surface area contributed by atoms with Gasteiger partial charge in [-0.15, -0.1) is 5.10 Å². The second-order valence-electron chi connectivity index (χ2n) is 8.33. The number of para-hydroxylation sites is 2. The summed E-state index contributed by atoms with van der Waals surface area (Å²) in [6.07, 6.45) is 1.70. The first kappa shape index (κ1) is 20.8. The Morgan fingerprint density at radius 1 is 1.19 bits per heavy atom. The average molecular weight is 421 g/mol. The number of aromatic nitrogens is 6. The van der Waals surface area contributed by atoms with Gasteiger partial charge in [-0.25, -0.2) is 9.97 Å². The van der Waals surface area contributed by atoms with E-state index in [0.29, 0.717) is 24.5 Å². The number of rotatable bonds is 7. The lowest BCUT2D eigenvalue weighted by Crippen LogP contribution is -2.30. The van der Waals surface area contributed by atoms with E-state index in [-0.39, 0.29) is 17.9 Å². The molecule has 0 fully saturated rings. The first-order valence-corrected chi connectivity index (χ1v) is 10.5. The third-order valence-corrected chi connectivity index (χ3v) is 5.45. The number of amides is 1. The number of H-pyrrole nitrogens is 1. The summed E-state index contributed by atoms with van der Waals surface area (Å²) in [7, 11) is 0. The van der Waals surface area contributed by atoms with E-state index in [4.69, 9.17) is 10.7 Å². The van der Waals surface area contributed by atoms with Crippen molar-refractivity contribution < 1.29 is 4.79 Å². The number of nitrogens with one attached hydrogen (secondary N) is 2. The molecule has 1 amide bonds. The van der Waals surface area contributed by atoms with Gasteiger partial charge in [0.05, 0.1) is 17.1 Å². The van der Waals surface area contributed by atoms with Crippen LogP contribution in [0.3, 0.4) is 0 Å². The number of nitrogens with two attached hydrogens (primary N) is 1. The first-order chi connectivity index (χ1) is 14.8. The minimum Gasteiger partial charge on any atom is -0.366 e. The van der Waals surface area contributed by atoms with Gasteiger partial charge >= 0.3 is 0 Å². The van der Waals surface area contributed by atoms with Gasteiger partial charge in [0.15, 0.2) is 0 Å². The number of hydrogen-bond acceptors (Lipinski definition) is 6. The summed E-state index contributed by atoms with van der Waals surface area (Å²) in [5.74, 6) is 1.84. The van der Waals surface area contributed by atoms with Crippen LogP contribution in [0.25, 0.3) is 16.8 Å². The van der Waals surface area contributed by atoms with E-state index in [1.54, 1.807) is 4.52 Å². The van der Waals surface area contributed by atoms with E-state index < -0.39 is 0 Å². The van der Waals surface area contributed by atoms with E-state index in [2.05, 4.69) is 39.2 Å². The highest BCUT2D eigenvalue weighted by atomic mass is 16.1. The fourth-order valence-corrected chi connectivity index (χ4v) is 3.94. The second-order valence-corrected chi connectivity index (χ2v) is 8.33. The summed E-state index contributed by atoms with van der Waals surface area (Å²) in [5.41, 5.74) is 10.3. The predicted octanol–water partition coefficient (Wildman–Crippen LogP) is 3.04. The molecule has 1 atom stereocenters. The Balaban J connectivity index is 1.50. The highest BCUT2D eigenvalue weighted by molar-refractivity contribution is 5.77. The van der Waals surface area contributed by atoms with Crippen LogP contribution in [0.1, 0.15) is 55.5 Å². The molecule has 0 aliphatic carbocycles. The van der Waals surface area contributed by atoms with Crippen LogP contribution in [-0.2, 0) is 11.2 Å². The molecule has 3 heterocycles. The van der Waals surface area contributed by atoms with Crippen LogP contribution in [0, 0.1) is 19.8 Å². The Labute approximate surface area is 180 Å². The molecule has 4 rings (SSSR count). The molecule has 162 valence electrons. The summed E-state index contributed by atoms with van der Waals surface area (Å²) in [4.78, 5) is 29.5. The van der Waals surface area contributed by atoms with E-state index >= 15 is 0 Å². The number of carbonyl (C=O) groups excluding carboxylic acids is 1. The lowest BCUT2D eigenvalue weighted by Gasteiger charge is -2.19. The third-order valence-electron chi connectivity index (χ3n) is 5.45. The lowest BCUT2D eigenvalue weighted by molar-refractivity contribution is -0.122. The fraction of sp³-hybridized carbons (Fsp3) is 0.409. The Morgan fingerprint density at radius 3 is 2.71 bits per heavy atom. The molecule has 4 N–H and O–H groups in total. The molecule has 31 heavy (non-hydrogen) atoms. The van der Waals surface area contributed by atoms with E-state index in [1.165, 1.54) is 0 Å². The highest BCUT2D eigenvalue weighted by Crippen LogP contribution is 2.22. The van der Waals surface area contributed by atoms with Gasteiger partial charge in [0, 0.05) is 17.8 Å². The molecule has 1 aromatic carbocycles. The lowest BCUT2D eigenvalue weighted by atomic mass is 10.0. The van der Waals surface area contributed by atoms with Crippen molar-refractivity contribution in [1.29, 1.82) is 0 Å². The van der Waals surface area contributed by atoms with Gasteiger partial charge in [-0.05, 0) is 50.3 Å². The van der Waals surface area contributed by atoms with Crippen molar-refractivity contribution in [2.75, 3.05) is 5.73 Å². The molecule has 4 aromatic rings. The molecule has 1 unspecified atom stereocenters. The van der Waals surface area contributed by atoms with Crippen molar-refractivity contribution in [2.45, 2.75) is 53.0 Å². The highest BCUT2D eigenvalue weighted by Gasteiger charge is 2.20. The molecule has 0 aliphatic heterocycles. The smallest absolute Gasteiger partial charge is 0.254 e. The zero-order chi connectivity index (χ0) is 22.1. The van der Waals surface area contributed by atoms with Crippen LogP contribution in [0.2, 0.25) is 0 Å². The maximum absolute atomic E-state index is 12.9. The number of aryl methyl sites for hydroxylation is 2. The quantitative estimate of drug-likeness (QED) is 0.422. The third kappa shape index (κ3) is 4.35. The van der Waals surface area contributed by atoms with Crippen molar-refractivity contribution in [3.63, 3.8) is 0 Å².